The van der Waals surface area contributed by atoms with E-state index in [1.54, 1.807) is 6.92 Å². The van der Waals surface area contributed by atoms with Gasteiger partial charge in [0.15, 0.2) is 24.4 Å². The summed E-state index contributed by atoms with van der Waals surface area (Å²) >= 11 is 0. The summed E-state index contributed by atoms with van der Waals surface area (Å²) in [5, 5.41) is 0. The maximum absolute atomic E-state index is 13.3. The minimum absolute atomic E-state index is 0.0506. The molecule has 14 heteroatoms. The van der Waals surface area contributed by atoms with Crippen molar-refractivity contribution in [1.82, 2.24) is 9.97 Å². The van der Waals surface area contributed by atoms with Crippen molar-refractivity contribution in [2.45, 2.75) is 233 Å². The molecule has 5 unspecified atom stereocenters. The summed E-state index contributed by atoms with van der Waals surface area (Å²) in [6, 6.07) is 0. The second-order valence-corrected chi connectivity index (χ2v) is 16.8. The highest BCUT2D eigenvalue weighted by molar-refractivity contribution is 5.72. The van der Waals surface area contributed by atoms with Gasteiger partial charge in [-0.15, -0.1) is 0 Å². The minimum Gasteiger partial charge on any atom is -0.459 e. The van der Waals surface area contributed by atoms with E-state index in [0.717, 1.165) is 50.9 Å². The van der Waals surface area contributed by atoms with Crippen molar-refractivity contribution in [3.63, 3.8) is 0 Å². The molecule has 62 heavy (non-hydrogen) atoms. The summed E-state index contributed by atoms with van der Waals surface area (Å²) in [6.07, 6.45) is 15.0. The molecule has 0 fully saturated rings. The number of rotatable bonds is 36. The molecule has 0 bridgehead atoms. The predicted octanol–water partition coefficient (Wildman–Crippen LogP) is 11.7. The topological polar surface area (TPSA) is 184 Å². The number of aromatic nitrogens is 2. The van der Waals surface area contributed by atoms with Gasteiger partial charge in [-0.25, -0.2) is 9.97 Å². The molecule has 2 aromatic rings. The minimum atomic E-state index is -1.25. The molecule has 2 aromatic heterocycles. The number of ether oxygens (including phenoxy) is 5. The van der Waals surface area contributed by atoms with Gasteiger partial charge in [0.1, 0.15) is 24.2 Å². The van der Waals surface area contributed by atoms with Crippen LogP contribution in [0.3, 0.4) is 0 Å². The van der Waals surface area contributed by atoms with Crippen LogP contribution in [0.15, 0.2) is 27.7 Å². The Morgan fingerprint density at radius 1 is 0.565 bits per heavy atom. The van der Waals surface area contributed by atoms with Crippen LogP contribution in [0.5, 0.6) is 0 Å². The number of carbonyl (C=O) groups excluding carboxylic acids is 5. The average Bonchev–Trinajstić information content (AvgIpc) is 3.97. The zero-order valence-electron chi connectivity index (χ0n) is 39.0. The fourth-order valence-electron chi connectivity index (χ4n) is 6.84. The maximum Gasteiger partial charge on any atom is 0.307 e. The number of oxazole rings is 2. The van der Waals surface area contributed by atoms with Crippen LogP contribution in [-0.2, 0) is 47.7 Å². The molecule has 0 aliphatic carbocycles. The van der Waals surface area contributed by atoms with E-state index in [4.69, 9.17) is 32.5 Å². The molecule has 2 rings (SSSR count). The third-order valence-electron chi connectivity index (χ3n) is 10.6. The van der Waals surface area contributed by atoms with Gasteiger partial charge in [-0.3, -0.25) is 24.0 Å². The Labute approximate surface area is 370 Å². The monoisotopic (exact) mass is 875 g/mol. The lowest BCUT2D eigenvalue weighted by Gasteiger charge is -2.32. The highest BCUT2D eigenvalue weighted by Crippen LogP contribution is 2.33. The van der Waals surface area contributed by atoms with Crippen LogP contribution in [0.25, 0.3) is 0 Å². The Hall–Kier alpha value is -4.23. The quantitative estimate of drug-likeness (QED) is 0.0358. The van der Waals surface area contributed by atoms with Crippen molar-refractivity contribution in [2.75, 3.05) is 0 Å². The van der Waals surface area contributed by atoms with Gasteiger partial charge in [-0.1, -0.05) is 125 Å². The Bertz CT molecular complexity index is 1520. The van der Waals surface area contributed by atoms with E-state index in [1.165, 1.54) is 57.4 Å². The summed E-state index contributed by atoms with van der Waals surface area (Å²) in [7, 11) is 0. The van der Waals surface area contributed by atoms with E-state index >= 15 is 0 Å². The normalized spacial score (nSPS) is 13.8. The van der Waals surface area contributed by atoms with E-state index in [2.05, 4.69) is 23.8 Å². The van der Waals surface area contributed by atoms with Crippen molar-refractivity contribution < 1.29 is 56.5 Å². The summed E-state index contributed by atoms with van der Waals surface area (Å²) < 4.78 is 41.1. The Kier molecular flexibility index (Phi) is 28.2. The average molecular weight is 875 g/mol. The highest BCUT2D eigenvalue weighted by Gasteiger charge is 2.40. The van der Waals surface area contributed by atoms with Crippen molar-refractivity contribution >= 4 is 29.8 Å². The number of esters is 5. The third kappa shape index (κ3) is 22.7. The number of nitrogens with zero attached hydrogens (tertiary/aromatic N) is 2. The molecule has 14 nitrogen and oxygen atoms in total. The number of unbranched alkanes of at least 4 members (excludes halogenated alkanes) is 12. The van der Waals surface area contributed by atoms with Gasteiger partial charge in [-0.05, 0) is 44.9 Å². The van der Waals surface area contributed by atoms with Gasteiger partial charge >= 0.3 is 29.8 Å². The van der Waals surface area contributed by atoms with Crippen molar-refractivity contribution in [1.29, 1.82) is 0 Å². The Balaban J connectivity index is 2.36. The standard InChI is InChI=1S/C48H78N2O12/c1-8-12-26-41(51)58-36(7)46(61-44(54)29-15-11-4)39(60-43(53)28-14-10-3)31-38(59-42(52)27-13-9-2)37-33-56-48(50-37)47(40-32-49-34-57-40)62-45(55)30-24-22-20-18-16-17-19-21-23-25-35(5)6/h32-36,38-39,46-47H,8-31H2,1-7H3. The highest BCUT2D eigenvalue weighted by atomic mass is 16.6. The van der Waals surface area contributed by atoms with E-state index in [1.807, 2.05) is 27.7 Å². The number of hydrogen-bond acceptors (Lipinski definition) is 14. The second kappa shape index (κ2) is 32.4. The van der Waals surface area contributed by atoms with Crippen LogP contribution >= 0.6 is 0 Å². The SMILES string of the molecule is CCCCC(=O)OC(CC(OC(=O)CCCC)C(OC(=O)CCCC)C(C)OC(=O)CCCC)c1coc(C(OC(=O)CCCCCCCCCCCC(C)C)c2cnco2)n1. The maximum atomic E-state index is 13.3. The van der Waals surface area contributed by atoms with Gasteiger partial charge in [0.25, 0.3) is 0 Å². The van der Waals surface area contributed by atoms with Crippen molar-refractivity contribution in [2.24, 2.45) is 5.92 Å². The Morgan fingerprint density at radius 3 is 1.58 bits per heavy atom. The molecule has 0 amide bonds. The molecule has 0 radical (unpaired) electrons. The lowest BCUT2D eigenvalue weighted by molar-refractivity contribution is -0.188. The predicted molar refractivity (Wildman–Crippen MR) is 233 cm³/mol. The molecule has 0 aliphatic heterocycles. The first-order valence-electron chi connectivity index (χ1n) is 23.7. The van der Waals surface area contributed by atoms with E-state index in [0.29, 0.717) is 32.1 Å². The fourth-order valence-corrected chi connectivity index (χ4v) is 6.84. The molecule has 0 saturated heterocycles. The summed E-state index contributed by atoms with van der Waals surface area (Å²) in [5.74, 6) is -1.71. The Morgan fingerprint density at radius 2 is 1.05 bits per heavy atom. The van der Waals surface area contributed by atoms with Gasteiger partial charge < -0.3 is 32.5 Å². The van der Waals surface area contributed by atoms with Gasteiger partial charge in [0.05, 0.1) is 6.20 Å². The van der Waals surface area contributed by atoms with Crippen LogP contribution < -0.4 is 0 Å². The molecule has 5 atom stereocenters. The molecular formula is C48H78N2O12. The van der Waals surface area contributed by atoms with E-state index in [9.17, 15) is 24.0 Å². The van der Waals surface area contributed by atoms with E-state index in [-0.39, 0.29) is 55.9 Å². The van der Waals surface area contributed by atoms with Crippen LogP contribution in [0, 0.1) is 5.92 Å². The molecule has 0 N–H and O–H groups in total. The smallest absolute Gasteiger partial charge is 0.307 e. The third-order valence-corrected chi connectivity index (χ3v) is 10.6. The molecule has 0 saturated carbocycles. The molecule has 0 aromatic carbocycles. The first-order chi connectivity index (χ1) is 29.9. The first-order valence-corrected chi connectivity index (χ1v) is 23.7. The van der Waals surface area contributed by atoms with E-state index < -0.39 is 60.4 Å². The number of carbonyl (C=O) groups is 5. The zero-order valence-corrected chi connectivity index (χ0v) is 39.0. The van der Waals surface area contributed by atoms with Crippen LogP contribution in [0.4, 0.5) is 0 Å². The zero-order chi connectivity index (χ0) is 45.5. The van der Waals surface area contributed by atoms with Crippen LogP contribution in [0.1, 0.15) is 232 Å². The lowest BCUT2D eigenvalue weighted by Crippen LogP contribution is -2.45. The second-order valence-electron chi connectivity index (χ2n) is 16.8. The molecule has 0 aliphatic rings. The lowest BCUT2D eigenvalue weighted by atomic mass is 10.00. The molecular weight excluding hydrogens is 797 g/mol. The summed E-state index contributed by atoms with van der Waals surface area (Å²) in [5.41, 5.74) is 0.128. The van der Waals surface area contributed by atoms with Gasteiger partial charge in [0.2, 0.25) is 12.0 Å². The van der Waals surface area contributed by atoms with Gasteiger partial charge in [0, 0.05) is 38.5 Å². The largest absolute Gasteiger partial charge is 0.459 e. The summed E-state index contributed by atoms with van der Waals surface area (Å²) in [6.45, 7) is 13.9. The first kappa shape index (κ1) is 53.9. The number of hydrogen-bond donors (Lipinski definition) is 0. The molecule has 2 heterocycles. The van der Waals surface area contributed by atoms with Crippen molar-refractivity contribution in [3.8, 4) is 0 Å². The summed E-state index contributed by atoms with van der Waals surface area (Å²) in [4.78, 5) is 74.4. The molecule has 352 valence electrons. The van der Waals surface area contributed by atoms with Crippen molar-refractivity contribution in [3.05, 3.63) is 36.2 Å². The van der Waals surface area contributed by atoms with Gasteiger partial charge in [-0.2, -0.15) is 0 Å². The molecule has 0 spiro atoms. The van der Waals surface area contributed by atoms with Crippen LogP contribution in [-0.4, -0.2) is 58.1 Å². The van der Waals surface area contributed by atoms with Crippen LogP contribution in [0.2, 0.25) is 0 Å². The fraction of sp³-hybridized carbons (Fsp3) is 0.771.